The molecule has 0 aromatic heterocycles. The molecule has 0 saturated heterocycles. The first-order chi connectivity index (χ1) is 8.13. The van der Waals surface area contributed by atoms with Crippen LogP contribution in [0, 0.1) is 5.92 Å². The van der Waals surface area contributed by atoms with Crippen LogP contribution in [-0.4, -0.2) is 23.5 Å². The normalized spacial score (nSPS) is 26.3. The highest BCUT2D eigenvalue weighted by Gasteiger charge is 2.64. The van der Waals surface area contributed by atoms with Crippen molar-refractivity contribution in [3.05, 3.63) is 35.9 Å². The Hall–Kier alpha value is -1.84. The molecular weight excluding hydrogens is 218 g/mol. The van der Waals surface area contributed by atoms with Gasteiger partial charge in [0.05, 0.1) is 11.3 Å². The van der Waals surface area contributed by atoms with E-state index in [0.29, 0.717) is 13.0 Å². The van der Waals surface area contributed by atoms with Crippen molar-refractivity contribution in [2.75, 3.05) is 6.54 Å². The summed E-state index contributed by atoms with van der Waals surface area (Å²) in [6.45, 7) is 2.34. The van der Waals surface area contributed by atoms with Crippen LogP contribution in [0.15, 0.2) is 30.3 Å². The predicted molar refractivity (Wildman–Crippen MR) is 62.5 cm³/mol. The highest BCUT2D eigenvalue weighted by atomic mass is 16.4. The fourth-order valence-electron chi connectivity index (χ4n) is 2.32. The van der Waals surface area contributed by atoms with E-state index < -0.39 is 17.3 Å². The lowest BCUT2D eigenvalue weighted by atomic mass is 9.92. The molecule has 0 bridgehead atoms. The van der Waals surface area contributed by atoms with Gasteiger partial charge >= 0.3 is 5.97 Å². The zero-order chi connectivity index (χ0) is 12.5. The van der Waals surface area contributed by atoms with Crippen LogP contribution >= 0.6 is 0 Å². The van der Waals surface area contributed by atoms with Crippen molar-refractivity contribution in [1.82, 2.24) is 5.32 Å². The number of amides is 1. The van der Waals surface area contributed by atoms with Gasteiger partial charge in [0.2, 0.25) is 5.91 Å². The summed E-state index contributed by atoms with van der Waals surface area (Å²) in [4.78, 5) is 23.1. The van der Waals surface area contributed by atoms with Crippen LogP contribution in [0.1, 0.15) is 18.9 Å². The number of rotatable bonds is 4. The van der Waals surface area contributed by atoms with Crippen LogP contribution in [0.5, 0.6) is 0 Å². The minimum absolute atomic E-state index is 0.182. The Bertz CT molecular complexity index is 443. The lowest BCUT2D eigenvalue weighted by Gasteiger charge is -2.16. The second-order valence-corrected chi connectivity index (χ2v) is 4.29. The van der Waals surface area contributed by atoms with E-state index in [0.717, 1.165) is 5.56 Å². The fraction of sp³-hybridized carbons (Fsp3) is 0.385. The van der Waals surface area contributed by atoms with E-state index in [4.69, 9.17) is 5.11 Å². The van der Waals surface area contributed by atoms with Crippen molar-refractivity contribution in [2.24, 2.45) is 5.92 Å². The zero-order valence-electron chi connectivity index (χ0n) is 9.64. The van der Waals surface area contributed by atoms with Crippen molar-refractivity contribution >= 4 is 11.9 Å². The Morgan fingerprint density at radius 3 is 2.53 bits per heavy atom. The fourth-order valence-corrected chi connectivity index (χ4v) is 2.32. The van der Waals surface area contributed by atoms with Gasteiger partial charge in [0, 0.05) is 6.54 Å². The summed E-state index contributed by atoms with van der Waals surface area (Å²) in [5.41, 5.74) is -0.0679. The number of nitrogens with one attached hydrogen (secondary N) is 1. The molecule has 1 unspecified atom stereocenters. The minimum atomic E-state index is -0.903. The molecule has 0 radical (unpaired) electrons. The molecule has 1 fully saturated rings. The molecule has 0 spiro atoms. The van der Waals surface area contributed by atoms with Gasteiger partial charge < -0.3 is 10.4 Å². The van der Waals surface area contributed by atoms with Gasteiger partial charge in [-0.25, -0.2) is 0 Å². The van der Waals surface area contributed by atoms with E-state index in [-0.39, 0.29) is 5.91 Å². The molecule has 2 atom stereocenters. The van der Waals surface area contributed by atoms with Crippen LogP contribution in [0.25, 0.3) is 0 Å². The summed E-state index contributed by atoms with van der Waals surface area (Å²) in [7, 11) is 0. The largest absolute Gasteiger partial charge is 0.481 e. The molecule has 17 heavy (non-hydrogen) atoms. The van der Waals surface area contributed by atoms with Crippen molar-refractivity contribution < 1.29 is 14.7 Å². The number of carbonyl (C=O) groups is 2. The van der Waals surface area contributed by atoms with E-state index in [1.807, 2.05) is 37.3 Å². The number of carbonyl (C=O) groups excluding carboxylic acids is 1. The molecule has 0 heterocycles. The maximum Gasteiger partial charge on any atom is 0.307 e. The number of hydrogen-bond donors (Lipinski definition) is 2. The summed E-state index contributed by atoms with van der Waals surface area (Å²) in [6, 6.07) is 9.14. The van der Waals surface area contributed by atoms with Gasteiger partial charge in [0.25, 0.3) is 0 Å². The van der Waals surface area contributed by atoms with Gasteiger partial charge in [-0.05, 0) is 18.9 Å². The topological polar surface area (TPSA) is 66.4 Å². The molecule has 1 aromatic rings. The van der Waals surface area contributed by atoms with E-state index in [1.54, 1.807) is 0 Å². The molecule has 1 amide bonds. The number of carboxylic acid groups (broad SMARTS) is 1. The maximum absolute atomic E-state index is 12.1. The lowest BCUT2D eigenvalue weighted by Crippen LogP contribution is -2.37. The van der Waals surface area contributed by atoms with Gasteiger partial charge in [-0.1, -0.05) is 30.3 Å². The number of hydrogen-bond acceptors (Lipinski definition) is 2. The van der Waals surface area contributed by atoms with Crippen LogP contribution in [0.2, 0.25) is 0 Å². The summed E-state index contributed by atoms with van der Waals surface area (Å²) in [5.74, 6) is -1.69. The molecule has 1 aromatic carbocycles. The second-order valence-electron chi connectivity index (χ2n) is 4.29. The average Bonchev–Trinajstić information content (AvgIpc) is 3.07. The molecule has 2 rings (SSSR count). The highest BCUT2D eigenvalue weighted by Crippen LogP contribution is 2.54. The number of benzene rings is 1. The third kappa shape index (κ3) is 1.79. The average molecular weight is 233 g/mol. The van der Waals surface area contributed by atoms with Crippen LogP contribution in [-0.2, 0) is 15.0 Å². The van der Waals surface area contributed by atoms with E-state index in [9.17, 15) is 9.59 Å². The monoisotopic (exact) mass is 233 g/mol. The SMILES string of the molecule is CCNC(=O)C1(c2ccccc2)C[C@@H]1C(=O)O. The number of carboxylic acids is 1. The molecule has 4 heteroatoms. The minimum Gasteiger partial charge on any atom is -0.481 e. The van der Waals surface area contributed by atoms with E-state index in [1.165, 1.54) is 0 Å². The summed E-state index contributed by atoms with van der Waals surface area (Å²) >= 11 is 0. The Kier molecular flexibility index (Phi) is 2.88. The third-order valence-corrected chi connectivity index (χ3v) is 3.29. The molecule has 0 aliphatic heterocycles. The van der Waals surface area contributed by atoms with Crippen LogP contribution < -0.4 is 5.32 Å². The molecule has 90 valence electrons. The van der Waals surface area contributed by atoms with E-state index in [2.05, 4.69) is 5.32 Å². The van der Waals surface area contributed by atoms with Crippen molar-refractivity contribution in [2.45, 2.75) is 18.8 Å². The van der Waals surface area contributed by atoms with Crippen molar-refractivity contribution in [1.29, 1.82) is 0 Å². The summed E-state index contributed by atoms with van der Waals surface area (Å²) < 4.78 is 0. The Labute approximate surface area is 99.6 Å². The number of likely N-dealkylation sites (N-methyl/N-ethyl adjacent to an activating group) is 1. The van der Waals surface area contributed by atoms with Crippen molar-refractivity contribution in [3.8, 4) is 0 Å². The lowest BCUT2D eigenvalue weighted by molar-refractivity contribution is -0.140. The van der Waals surface area contributed by atoms with E-state index >= 15 is 0 Å². The first kappa shape index (κ1) is 11.6. The molecule has 1 saturated carbocycles. The Morgan fingerprint density at radius 2 is 2.06 bits per heavy atom. The third-order valence-electron chi connectivity index (χ3n) is 3.29. The molecule has 1 aliphatic rings. The first-order valence-electron chi connectivity index (χ1n) is 5.69. The second kappa shape index (κ2) is 4.20. The molecule has 1 aliphatic carbocycles. The Balaban J connectivity index is 2.34. The van der Waals surface area contributed by atoms with Crippen LogP contribution in [0.4, 0.5) is 0 Å². The van der Waals surface area contributed by atoms with Gasteiger partial charge in [-0.15, -0.1) is 0 Å². The quantitative estimate of drug-likeness (QED) is 0.820. The molecule has 2 N–H and O–H groups in total. The van der Waals surface area contributed by atoms with Crippen molar-refractivity contribution in [3.63, 3.8) is 0 Å². The summed E-state index contributed by atoms with van der Waals surface area (Å²) in [6.07, 6.45) is 0.387. The zero-order valence-corrected chi connectivity index (χ0v) is 9.64. The Morgan fingerprint density at radius 1 is 1.41 bits per heavy atom. The number of aliphatic carboxylic acids is 1. The van der Waals surface area contributed by atoms with Gasteiger partial charge in [-0.2, -0.15) is 0 Å². The smallest absolute Gasteiger partial charge is 0.307 e. The van der Waals surface area contributed by atoms with Gasteiger partial charge in [0.15, 0.2) is 0 Å². The molecule has 4 nitrogen and oxygen atoms in total. The summed E-state index contributed by atoms with van der Waals surface area (Å²) in [5, 5.41) is 11.8. The van der Waals surface area contributed by atoms with Crippen LogP contribution in [0.3, 0.4) is 0 Å². The predicted octanol–water partition coefficient (Wildman–Crippen LogP) is 1.17. The maximum atomic E-state index is 12.1. The standard InChI is InChI=1S/C13H15NO3/c1-2-14-12(17)13(8-10(13)11(15)16)9-6-4-3-5-7-9/h3-7,10H,2,8H2,1H3,(H,14,17)(H,15,16)/t10-,13?/m1/s1. The van der Waals surface area contributed by atoms with Gasteiger partial charge in [-0.3, -0.25) is 9.59 Å². The first-order valence-corrected chi connectivity index (χ1v) is 5.69. The molecular formula is C13H15NO3. The highest BCUT2D eigenvalue weighted by molar-refractivity contribution is 5.98. The van der Waals surface area contributed by atoms with Gasteiger partial charge in [0.1, 0.15) is 0 Å².